The van der Waals surface area contributed by atoms with E-state index in [9.17, 15) is 9.59 Å². The lowest BCUT2D eigenvalue weighted by Gasteiger charge is -2.37. The third-order valence-corrected chi connectivity index (χ3v) is 5.19. The number of allylic oxidation sites excluding steroid dienone is 1. The van der Waals surface area contributed by atoms with Gasteiger partial charge in [0.25, 0.3) is 0 Å². The minimum atomic E-state index is -0.522. The van der Waals surface area contributed by atoms with Crippen LogP contribution in [0.2, 0.25) is 0 Å². The lowest BCUT2D eigenvalue weighted by Crippen LogP contribution is -2.48. The van der Waals surface area contributed by atoms with Crippen molar-refractivity contribution < 1.29 is 23.8 Å². The van der Waals surface area contributed by atoms with Gasteiger partial charge < -0.3 is 19.5 Å². The quantitative estimate of drug-likeness (QED) is 0.576. The number of rotatable bonds is 5. The lowest BCUT2D eigenvalue weighted by molar-refractivity contribution is -0.136. The summed E-state index contributed by atoms with van der Waals surface area (Å²) in [7, 11) is 4.26. The molecule has 0 saturated carbocycles. The number of anilines is 1. The van der Waals surface area contributed by atoms with Crippen LogP contribution in [0, 0.1) is 0 Å². The summed E-state index contributed by atoms with van der Waals surface area (Å²) < 4.78 is 15.0. The molecule has 7 nitrogen and oxygen atoms in total. The van der Waals surface area contributed by atoms with Crippen LogP contribution in [0.15, 0.2) is 59.8 Å². The number of carbonyl (C=O) groups excluding carboxylic acids is 2. The van der Waals surface area contributed by atoms with E-state index in [0.29, 0.717) is 27.7 Å². The summed E-state index contributed by atoms with van der Waals surface area (Å²) in [5.74, 6) is -0.185. The van der Waals surface area contributed by atoms with Crippen molar-refractivity contribution in [2.24, 2.45) is 0 Å². The second kappa shape index (κ2) is 8.96. The first-order chi connectivity index (χ1) is 14.4. The Morgan fingerprint density at radius 2 is 1.53 bits per heavy atom. The van der Waals surface area contributed by atoms with Crippen LogP contribution >= 0.6 is 12.2 Å². The molecule has 0 aliphatic carbocycles. The van der Waals surface area contributed by atoms with Gasteiger partial charge >= 0.3 is 11.9 Å². The summed E-state index contributed by atoms with van der Waals surface area (Å²) in [4.78, 5) is 26.2. The van der Waals surface area contributed by atoms with Crippen LogP contribution in [-0.2, 0) is 14.3 Å². The topological polar surface area (TPSA) is 77.1 Å². The highest BCUT2D eigenvalue weighted by molar-refractivity contribution is 7.80. The first-order valence-corrected chi connectivity index (χ1v) is 9.54. The molecular weight excluding hydrogens is 404 g/mol. The SMILES string of the molecule is COC(=O)C1=C(C)N(c2ccc(OC)cc2)C(=S)NC1c1ccc(C(=O)OC)cc1. The van der Waals surface area contributed by atoms with Gasteiger partial charge in [-0.3, -0.25) is 4.90 Å². The third kappa shape index (κ3) is 3.99. The average molecular weight is 426 g/mol. The lowest BCUT2D eigenvalue weighted by atomic mass is 9.94. The van der Waals surface area contributed by atoms with E-state index in [4.69, 9.17) is 26.4 Å². The van der Waals surface area contributed by atoms with Crippen LogP contribution < -0.4 is 15.0 Å². The Morgan fingerprint density at radius 3 is 2.07 bits per heavy atom. The Bertz CT molecular complexity index is 999. The molecule has 0 fully saturated rings. The van der Waals surface area contributed by atoms with Crippen LogP contribution in [0.1, 0.15) is 28.9 Å². The highest BCUT2D eigenvalue weighted by Gasteiger charge is 2.35. The van der Waals surface area contributed by atoms with Gasteiger partial charge in [0, 0.05) is 11.4 Å². The van der Waals surface area contributed by atoms with Crippen molar-refractivity contribution in [1.29, 1.82) is 0 Å². The zero-order valence-electron chi connectivity index (χ0n) is 17.1. The maximum absolute atomic E-state index is 12.7. The minimum Gasteiger partial charge on any atom is -0.497 e. The predicted octanol–water partition coefficient (Wildman–Crippen LogP) is 3.36. The number of hydrogen-bond acceptors (Lipinski definition) is 6. The number of carbonyl (C=O) groups is 2. The van der Waals surface area contributed by atoms with E-state index in [1.54, 1.807) is 36.3 Å². The Kier molecular flexibility index (Phi) is 6.37. The van der Waals surface area contributed by atoms with Crippen molar-refractivity contribution >= 4 is 35.0 Å². The Hall–Kier alpha value is -3.39. The molecular formula is C22H22N2O5S. The fourth-order valence-corrected chi connectivity index (χ4v) is 3.70. The van der Waals surface area contributed by atoms with E-state index < -0.39 is 18.0 Å². The van der Waals surface area contributed by atoms with Gasteiger partial charge in [-0.25, -0.2) is 9.59 Å². The average Bonchev–Trinajstić information content (AvgIpc) is 2.78. The number of ether oxygens (including phenoxy) is 3. The molecule has 30 heavy (non-hydrogen) atoms. The van der Waals surface area contributed by atoms with E-state index in [1.165, 1.54) is 14.2 Å². The fourth-order valence-electron chi connectivity index (χ4n) is 3.34. The van der Waals surface area contributed by atoms with Crippen molar-refractivity contribution in [2.75, 3.05) is 26.2 Å². The second-order valence-electron chi connectivity index (χ2n) is 6.52. The second-order valence-corrected chi connectivity index (χ2v) is 6.91. The molecule has 0 aromatic heterocycles. The fraction of sp³-hybridized carbons (Fsp3) is 0.227. The number of esters is 2. The first-order valence-electron chi connectivity index (χ1n) is 9.13. The molecule has 1 heterocycles. The predicted molar refractivity (Wildman–Crippen MR) is 116 cm³/mol. The molecule has 1 N–H and O–H groups in total. The van der Waals surface area contributed by atoms with Crippen LogP contribution in [0.5, 0.6) is 5.75 Å². The molecule has 0 amide bonds. The molecule has 3 rings (SSSR count). The number of nitrogens with one attached hydrogen (secondary N) is 1. The summed E-state index contributed by atoms with van der Waals surface area (Å²) >= 11 is 5.61. The molecule has 156 valence electrons. The van der Waals surface area contributed by atoms with E-state index in [-0.39, 0.29) is 0 Å². The van der Waals surface area contributed by atoms with Crippen molar-refractivity contribution in [3.05, 3.63) is 70.9 Å². The summed E-state index contributed by atoms with van der Waals surface area (Å²) in [5, 5.41) is 3.66. The number of thiocarbonyl (C=S) groups is 1. The van der Waals surface area contributed by atoms with Gasteiger partial charge in [-0.1, -0.05) is 12.1 Å². The van der Waals surface area contributed by atoms with E-state index >= 15 is 0 Å². The highest BCUT2D eigenvalue weighted by Crippen LogP contribution is 2.34. The van der Waals surface area contributed by atoms with E-state index in [0.717, 1.165) is 11.3 Å². The largest absolute Gasteiger partial charge is 0.497 e. The van der Waals surface area contributed by atoms with Gasteiger partial charge in [0.15, 0.2) is 5.11 Å². The van der Waals surface area contributed by atoms with Crippen molar-refractivity contribution in [3.8, 4) is 5.75 Å². The molecule has 0 bridgehead atoms. The van der Waals surface area contributed by atoms with Gasteiger partial charge in [0.2, 0.25) is 0 Å². The molecule has 1 aliphatic rings. The number of hydrogen-bond donors (Lipinski definition) is 1. The molecule has 0 saturated heterocycles. The summed E-state index contributed by atoms with van der Waals surface area (Å²) in [5.41, 5.74) is 3.04. The third-order valence-electron chi connectivity index (χ3n) is 4.89. The highest BCUT2D eigenvalue weighted by atomic mass is 32.1. The number of benzene rings is 2. The Labute approximate surface area is 180 Å². The van der Waals surface area contributed by atoms with Crippen LogP contribution in [0.4, 0.5) is 5.69 Å². The summed E-state index contributed by atoms with van der Waals surface area (Å²) in [6.07, 6.45) is 0. The van der Waals surface area contributed by atoms with Crippen molar-refractivity contribution in [1.82, 2.24) is 5.32 Å². The molecule has 0 spiro atoms. The molecule has 1 unspecified atom stereocenters. The van der Waals surface area contributed by atoms with Gasteiger partial charge in [-0.05, 0) is 61.1 Å². The van der Waals surface area contributed by atoms with Crippen molar-refractivity contribution in [3.63, 3.8) is 0 Å². The van der Waals surface area contributed by atoms with Crippen molar-refractivity contribution in [2.45, 2.75) is 13.0 Å². The number of nitrogens with zero attached hydrogens (tertiary/aromatic N) is 1. The van der Waals surface area contributed by atoms with Gasteiger partial charge in [-0.2, -0.15) is 0 Å². The monoisotopic (exact) mass is 426 g/mol. The van der Waals surface area contributed by atoms with E-state index in [1.807, 2.05) is 31.2 Å². The zero-order valence-corrected chi connectivity index (χ0v) is 17.9. The first kappa shape index (κ1) is 21.3. The Balaban J connectivity index is 2.05. The standard InChI is InChI=1S/C22H22N2O5S/c1-13-18(21(26)29-4)19(14-5-7-15(8-6-14)20(25)28-3)23-22(30)24(13)16-9-11-17(27-2)12-10-16/h5-12,19H,1-4H3,(H,23,30). The minimum absolute atomic E-state index is 0.416. The Morgan fingerprint density at radius 1 is 0.933 bits per heavy atom. The van der Waals surface area contributed by atoms with Crippen LogP contribution in [-0.4, -0.2) is 38.4 Å². The maximum Gasteiger partial charge on any atom is 0.337 e. The summed E-state index contributed by atoms with van der Waals surface area (Å²) in [6.45, 7) is 1.82. The normalized spacial score (nSPS) is 16.1. The molecule has 1 aliphatic heterocycles. The van der Waals surface area contributed by atoms with Crippen LogP contribution in [0.25, 0.3) is 0 Å². The molecule has 1 atom stereocenters. The van der Waals surface area contributed by atoms with Gasteiger partial charge in [0.1, 0.15) is 5.75 Å². The smallest absolute Gasteiger partial charge is 0.337 e. The van der Waals surface area contributed by atoms with E-state index in [2.05, 4.69) is 5.32 Å². The molecule has 2 aromatic carbocycles. The number of methoxy groups -OCH3 is 3. The zero-order chi connectivity index (χ0) is 21.8. The van der Waals surface area contributed by atoms with Crippen LogP contribution in [0.3, 0.4) is 0 Å². The summed E-state index contributed by atoms with van der Waals surface area (Å²) in [6, 6.07) is 13.6. The molecule has 0 radical (unpaired) electrons. The van der Waals surface area contributed by atoms with Gasteiger partial charge in [0.05, 0.1) is 38.5 Å². The maximum atomic E-state index is 12.7. The molecule has 8 heteroatoms. The van der Waals surface area contributed by atoms with Gasteiger partial charge in [-0.15, -0.1) is 0 Å². The molecule has 2 aromatic rings.